The van der Waals surface area contributed by atoms with Gasteiger partial charge in [-0.15, -0.1) is 0 Å². The van der Waals surface area contributed by atoms with Crippen LogP contribution < -0.4 is 10.6 Å². The molecule has 8 nitrogen and oxygen atoms in total. The number of amides is 5. The van der Waals surface area contributed by atoms with Gasteiger partial charge in [0.1, 0.15) is 6.04 Å². The lowest BCUT2D eigenvalue weighted by atomic mass is 9.95. The third-order valence-corrected chi connectivity index (χ3v) is 4.38. The summed E-state index contributed by atoms with van der Waals surface area (Å²) in [5, 5.41) is 4.86. The van der Waals surface area contributed by atoms with Gasteiger partial charge >= 0.3 is 0 Å². The van der Waals surface area contributed by atoms with Crippen LogP contribution in [0.5, 0.6) is 0 Å². The lowest BCUT2D eigenvalue weighted by molar-refractivity contribution is -0.136. The van der Waals surface area contributed by atoms with Crippen molar-refractivity contribution < 1.29 is 24.0 Å². The fourth-order valence-electron chi connectivity index (χ4n) is 2.87. The van der Waals surface area contributed by atoms with E-state index in [0.29, 0.717) is 5.69 Å². The molecule has 1 fully saturated rings. The molecular formula is C18H19N3O5. The molecule has 2 aliphatic heterocycles. The SMILES string of the molecule is CC(C)(C)C(=O)Nc1ccc2c(c1)C(=O)N(C1CCC(=O)NC1=O)C2=O. The number of carbonyl (C=O) groups excluding carboxylic acids is 5. The normalized spacial score (nSPS) is 20.1. The lowest BCUT2D eigenvalue weighted by Gasteiger charge is -2.27. The molecule has 8 heteroatoms. The van der Waals surface area contributed by atoms with Gasteiger partial charge in [-0.1, -0.05) is 20.8 Å². The first-order valence-corrected chi connectivity index (χ1v) is 8.26. The zero-order valence-corrected chi connectivity index (χ0v) is 14.7. The Morgan fingerprint density at radius 2 is 1.77 bits per heavy atom. The van der Waals surface area contributed by atoms with E-state index in [1.165, 1.54) is 12.1 Å². The largest absolute Gasteiger partial charge is 0.326 e. The van der Waals surface area contributed by atoms with Crippen molar-refractivity contribution in [3.63, 3.8) is 0 Å². The molecule has 1 unspecified atom stereocenters. The first kappa shape index (κ1) is 17.8. The van der Waals surface area contributed by atoms with Crippen LogP contribution in [-0.4, -0.2) is 40.5 Å². The Kier molecular flexibility index (Phi) is 4.14. The standard InChI is InChI=1S/C18H19N3O5/c1-18(2,3)17(26)19-9-4-5-10-11(8-9)16(25)21(15(10)24)12-6-7-13(22)20-14(12)23/h4-5,8,12H,6-7H2,1-3H3,(H,19,26)(H,20,22,23). The Bertz CT molecular complexity index is 853. The number of nitrogens with zero attached hydrogens (tertiary/aromatic N) is 1. The molecule has 1 aromatic rings. The fraction of sp³-hybridized carbons (Fsp3) is 0.389. The highest BCUT2D eigenvalue weighted by Gasteiger charge is 2.44. The number of piperidine rings is 1. The molecule has 0 bridgehead atoms. The molecule has 2 aliphatic rings. The van der Waals surface area contributed by atoms with Crippen LogP contribution in [0, 0.1) is 5.41 Å². The Balaban J connectivity index is 1.87. The van der Waals surface area contributed by atoms with E-state index in [0.717, 1.165) is 4.90 Å². The smallest absolute Gasteiger partial charge is 0.262 e. The van der Waals surface area contributed by atoms with E-state index in [1.807, 2.05) is 0 Å². The van der Waals surface area contributed by atoms with Gasteiger partial charge in [-0.25, -0.2) is 0 Å². The third kappa shape index (κ3) is 2.98. The van der Waals surface area contributed by atoms with Crippen molar-refractivity contribution in [1.29, 1.82) is 0 Å². The molecule has 0 aliphatic carbocycles. The van der Waals surface area contributed by atoms with Gasteiger partial charge < -0.3 is 5.32 Å². The Labute approximate surface area is 149 Å². The predicted octanol–water partition coefficient (Wildman–Crippen LogP) is 1.07. The van der Waals surface area contributed by atoms with Gasteiger partial charge in [-0.05, 0) is 24.6 Å². The summed E-state index contributed by atoms with van der Waals surface area (Å²) in [7, 11) is 0. The third-order valence-electron chi connectivity index (χ3n) is 4.38. The van der Waals surface area contributed by atoms with Crippen LogP contribution in [0.15, 0.2) is 18.2 Å². The maximum Gasteiger partial charge on any atom is 0.262 e. The van der Waals surface area contributed by atoms with Crippen LogP contribution in [0.4, 0.5) is 5.69 Å². The van der Waals surface area contributed by atoms with Crippen LogP contribution in [0.25, 0.3) is 0 Å². The summed E-state index contributed by atoms with van der Waals surface area (Å²) in [4.78, 5) is 61.6. The number of rotatable bonds is 2. The maximum absolute atomic E-state index is 12.7. The molecule has 26 heavy (non-hydrogen) atoms. The van der Waals surface area contributed by atoms with E-state index < -0.39 is 35.1 Å². The number of fused-ring (bicyclic) bond motifs is 1. The molecule has 0 radical (unpaired) electrons. The van der Waals surface area contributed by atoms with Gasteiger partial charge in [0, 0.05) is 17.5 Å². The molecule has 0 saturated carbocycles. The highest BCUT2D eigenvalue weighted by Crippen LogP contribution is 2.30. The van der Waals surface area contributed by atoms with Crippen molar-refractivity contribution in [3.05, 3.63) is 29.3 Å². The number of benzene rings is 1. The Morgan fingerprint density at radius 1 is 1.12 bits per heavy atom. The monoisotopic (exact) mass is 357 g/mol. The molecule has 1 aromatic carbocycles. The van der Waals surface area contributed by atoms with Crippen molar-refractivity contribution in [1.82, 2.24) is 10.2 Å². The fourth-order valence-corrected chi connectivity index (χ4v) is 2.87. The first-order chi connectivity index (χ1) is 12.1. The van der Waals surface area contributed by atoms with E-state index in [9.17, 15) is 24.0 Å². The molecule has 5 amide bonds. The maximum atomic E-state index is 12.7. The van der Waals surface area contributed by atoms with Crippen LogP contribution in [0.1, 0.15) is 54.3 Å². The number of carbonyl (C=O) groups is 5. The number of nitrogens with one attached hydrogen (secondary N) is 2. The Hall–Kier alpha value is -3.03. The highest BCUT2D eigenvalue weighted by molar-refractivity contribution is 6.24. The minimum absolute atomic E-state index is 0.0662. The van der Waals surface area contributed by atoms with Crippen molar-refractivity contribution >= 4 is 35.2 Å². The van der Waals surface area contributed by atoms with Gasteiger partial charge in [0.05, 0.1) is 11.1 Å². The van der Waals surface area contributed by atoms with Crippen molar-refractivity contribution in [2.45, 2.75) is 39.7 Å². The second-order valence-corrected chi connectivity index (χ2v) is 7.41. The summed E-state index contributed by atoms with van der Waals surface area (Å²) >= 11 is 0. The van der Waals surface area contributed by atoms with Crippen LogP contribution >= 0.6 is 0 Å². The summed E-state index contributed by atoms with van der Waals surface area (Å²) in [6.07, 6.45) is 0.167. The number of hydrogen-bond acceptors (Lipinski definition) is 5. The second kappa shape index (κ2) is 6.05. The van der Waals surface area contributed by atoms with Crippen molar-refractivity contribution in [2.75, 3.05) is 5.32 Å². The molecule has 2 N–H and O–H groups in total. The topological polar surface area (TPSA) is 113 Å². The summed E-state index contributed by atoms with van der Waals surface area (Å²) in [6, 6.07) is 3.43. The van der Waals surface area contributed by atoms with E-state index in [4.69, 9.17) is 0 Å². The quantitative estimate of drug-likeness (QED) is 0.769. The van der Waals surface area contributed by atoms with Crippen molar-refractivity contribution in [3.8, 4) is 0 Å². The Morgan fingerprint density at radius 3 is 2.38 bits per heavy atom. The first-order valence-electron chi connectivity index (χ1n) is 8.26. The van der Waals surface area contributed by atoms with Crippen LogP contribution in [0.3, 0.4) is 0 Å². The summed E-state index contributed by atoms with van der Waals surface area (Å²) < 4.78 is 0. The molecule has 1 atom stereocenters. The highest BCUT2D eigenvalue weighted by atomic mass is 16.2. The lowest BCUT2D eigenvalue weighted by Crippen LogP contribution is -2.54. The molecular weight excluding hydrogens is 338 g/mol. The molecule has 0 spiro atoms. The average Bonchev–Trinajstić information content (AvgIpc) is 2.78. The minimum Gasteiger partial charge on any atom is -0.326 e. The zero-order chi connectivity index (χ0) is 19.2. The second-order valence-electron chi connectivity index (χ2n) is 7.41. The van der Waals surface area contributed by atoms with E-state index in [2.05, 4.69) is 10.6 Å². The number of imide groups is 2. The van der Waals surface area contributed by atoms with Crippen LogP contribution in [-0.2, 0) is 14.4 Å². The number of anilines is 1. The van der Waals surface area contributed by atoms with Crippen LogP contribution in [0.2, 0.25) is 0 Å². The van der Waals surface area contributed by atoms with Gasteiger partial charge in [0.15, 0.2) is 0 Å². The van der Waals surface area contributed by atoms with Gasteiger partial charge in [-0.3, -0.25) is 34.2 Å². The van der Waals surface area contributed by atoms with E-state index in [-0.39, 0.29) is 29.9 Å². The summed E-state index contributed by atoms with van der Waals surface area (Å²) in [5.74, 6) is -2.48. The molecule has 2 heterocycles. The van der Waals surface area contributed by atoms with E-state index >= 15 is 0 Å². The summed E-state index contributed by atoms with van der Waals surface area (Å²) in [6.45, 7) is 5.28. The minimum atomic E-state index is -1.01. The zero-order valence-electron chi connectivity index (χ0n) is 14.7. The predicted molar refractivity (Wildman–Crippen MR) is 91.2 cm³/mol. The van der Waals surface area contributed by atoms with Gasteiger partial charge in [0.25, 0.3) is 11.8 Å². The molecule has 136 valence electrons. The van der Waals surface area contributed by atoms with Gasteiger partial charge in [0.2, 0.25) is 17.7 Å². The molecule has 0 aromatic heterocycles. The summed E-state index contributed by atoms with van der Waals surface area (Å²) in [5.41, 5.74) is 0.0900. The van der Waals surface area contributed by atoms with Gasteiger partial charge in [-0.2, -0.15) is 0 Å². The molecule has 1 saturated heterocycles. The molecule has 3 rings (SSSR count). The number of hydrogen-bond donors (Lipinski definition) is 2. The van der Waals surface area contributed by atoms with E-state index in [1.54, 1.807) is 26.8 Å². The average molecular weight is 357 g/mol. The van der Waals surface area contributed by atoms with Crippen molar-refractivity contribution in [2.24, 2.45) is 5.41 Å².